The molecule has 0 saturated carbocycles. The molecule has 0 bridgehead atoms. The van der Waals surface area contributed by atoms with Crippen LogP contribution in [0.3, 0.4) is 0 Å². The first-order valence-corrected chi connectivity index (χ1v) is 6.40. The Labute approximate surface area is 101 Å². The third kappa shape index (κ3) is 2.05. The first-order chi connectivity index (χ1) is 8.36. The standard InChI is InChI=1S/C13H18N4/c1-2-17-8-4-5-10(9-17)12-15-11-6-3-7-14-13(11)16-12/h3,6-7,10H,2,4-5,8-9H2,1H3,(H,14,15,16). The normalized spacial score (nSPS) is 22.1. The summed E-state index contributed by atoms with van der Waals surface area (Å²) >= 11 is 0. The van der Waals surface area contributed by atoms with Crippen LogP contribution in [0.5, 0.6) is 0 Å². The summed E-state index contributed by atoms with van der Waals surface area (Å²) in [5.41, 5.74) is 1.90. The zero-order valence-electron chi connectivity index (χ0n) is 10.2. The van der Waals surface area contributed by atoms with Gasteiger partial charge in [-0.3, -0.25) is 0 Å². The average molecular weight is 230 g/mol. The Bertz CT molecular complexity index is 472. The molecule has 1 aliphatic heterocycles. The number of H-pyrrole nitrogens is 1. The molecule has 1 unspecified atom stereocenters. The Hall–Kier alpha value is -1.42. The summed E-state index contributed by atoms with van der Waals surface area (Å²) in [6.45, 7) is 5.71. The van der Waals surface area contributed by atoms with Gasteiger partial charge < -0.3 is 9.88 Å². The van der Waals surface area contributed by atoms with Crippen molar-refractivity contribution in [1.29, 1.82) is 0 Å². The SMILES string of the molecule is CCN1CCCC(c2nc3ncccc3[nH]2)C1. The second kappa shape index (κ2) is 4.45. The van der Waals surface area contributed by atoms with E-state index in [0.717, 1.165) is 30.1 Å². The molecule has 3 rings (SSSR count). The maximum atomic E-state index is 4.61. The lowest BCUT2D eigenvalue weighted by Crippen LogP contribution is -2.34. The molecule has 2 aromatic rings. The van der Waals surface area contributed by atoms with Gasteiger partial charge in [0.05, 0.1) is 5.52 Å². The van der Waals surface area contributed by atoms with Gasteiger partial charge >= 0.3 is 0 Å². The first-order valence-electron chi connectivity index (χ1n) is 6.40. The van der Waals surface area contributed by atoms with E-state index in [9.17, 15) is 0 Å². The number of nitrogens with one attached hydrogen (secondary N) is 1. The van der Waals surface area contributed by atoms with Gasteiger partial charge in [-0.2, -0.15) is 0 Å². The fourth-order valence-corrected chi connectivity index (χ4v) is 2.62. The molecule has 0 amide bonds. The molecule has 0 radical (unpaired) electrons. The summed E-state index contributed by atoms with van der Waals surface area (Å²) in [5, 5.41) is 0. The zero-order chi connectivity index (χ0) is 11.7. The van der Waals surface area contributed by atoms with Gasteiger partial charge in [0.15, 0.2) is 5.65 Å². The van der Waals surface area contributed by atoms with Crippen molar-refractivity contribution in [2.45, 2.75) is 25.7 Å². The smallest absolute Gasteiger partial charge is 0.177 e. The molecule has 1 fully saturated rings. The summed E-state index contributed by atoms with van der Waals surface area (Å²) in [7, 11) is 0. The predicted octanol–water partition coefficient (Wildman–Crippen LogP) is 2.16. The van der Waals surface area contributed by atoms with Crippen LogP contribution in [0, 0.1) is 0 Å². The summed E-state index contributed by atoms with van der Waals surface area (Å²) in [4.78, 5) is 14.8. The predicted molar refractivity (Wildman–Crippen MR) is 68.0 cm³/mol. The number of piperidine rings is 1. The number of fused-ring (bicyclic) bond motifs is 1. The first kappa shape index (κ1) is 10.7. The monoisotopic (exact) mass is 230 g/mol. The molecule has 0 spiro atoms. The Kier molecular flexibility index (Phi) is 2.81. The van der Waals surface area contributed by atoms with Crippen LogP contribution >= 0.6 is 0 Å². The highest BCUT2D eigenvalue weighted by molar-refractivity contribution is 5.70. The fraction of sp³-hybridized carbons (Fsp3) is 0.538. The number of likely N-dealkylation sites (N-methyl/N-ethyl adjacent to an activating group) is 1. The molecule has 4 heteroatoms. The van der Waals surface area contributed by atoms with E-state index in [0.29, 0.717) is 5.92 Å². The molecule has 1 saturated heterocycles. The Morgan fingerprint density at radius 1 is 1.53 bits per heavy atom. The van der Waals surface area contributed by atoms with E-state index < -0.39 is 0 Å². The maximum Gasteiger partial charge on any atom is 0.177 e. The van der Waals surface area contributed by atoms with Crippen molar-refractivity contribution in [1.82, 2.24) is 19.9 Å². The van der Waals surface area contributed by atoms with Gasteiger partial charge in [0, 0.05) is 18.7 Å². The van der Waals surface area contributed by atoms with Crippen molar-refractivity contribution in [3.8, 4) is 0 Å². The molecular weight excluding hydrogens is 212 g/mol. The van der Waals surface area contributed by atoms with Crippen molar-refractivity contribution in [2.24, 2.45) is 0 Å². The summed E-state index contributed by atoms with van der Waals surface area (Å²) in [5.74, 6) is 1.65. The largest absolute Gasteiger partial charge is 0.340 e. The molecule has 0 aromatic carbocycles. The molecule has 1 aliphatic rings. The van der Waals surface area contributed by atoms with E-state index in [1.165, 1.54) is 19.4 Å². The van der Waals surface area contributed by atoms with Gasteiger partial charge in [-0.15, -0.1) is 0 Å². The number of nitrogens with zero attached hydrogens (tertiary/aromatic N) is 3. The Morgan fingerprint density at radius 3 is 3.29 bits per heavy atom. The highest BCUT2D eigenvalue weighted by atomic mass is 15.1. The molecule has 1 atom stereocenters. The lowest BCUT2D eigenvalue weighted by Gasteiger charge is -2.30. The van der Waals surface area contributed by atoms with Crippen molar-refractivity contribution in [3.05, 3.63) is 24.2 Å². The minimum absolute atomic E-state index is 0.540. The second-order valence-corrected chi connectivity index (χ2v) is 4.73. The average Bonchev–Trinajstić information content (AvgIpc) is 2.82. The number of likely N-dealkylation sites (tertiary alicyclic amines) is 1. The van der Waals surface area contributed by atoms with Crippen LogP contribution in [0.25, 0.3) is 11.2 Å². The van der Waals surface area contributed by atoms with Crippen molar-refractivity contribution >= 4 is 11.2 Å². The number of pyridine rings is 1. The molecule has 4 nitrogen and oxygen atoms in total. The van der Waals surface area contributed by atoms with Gasteiger partial charge in [0.25, 0.3) is 0 Å². The summed E-state index contributed by atoms with van der Waals surface area (Å²) < 4.78 is 0. The zero-order valence-corrected chi connectivity index (χ0v) is 10.2. The number of hydrogen-bond donors (Lipinski definition) is 1. The van der Waals surface area contributed by atoms with Crippen LogP contribution < -0.4 is 0 Å². The number of aromatic nitrogens is 3. The molecular formula is C13H18N4. The van der Waals surface area contributed by atoms with E-state index in [4.69, 9.17) is 0 Å². The number of rotatable bonds is 2. The van der Waals surface area contributed by atoms with E-state index in [1.54, 1.807) is 6.20 Å². The minimum Gasteiger partial charge on any atom is -0.340 e. The summed E-state index contributed by atoms with van der Waals surface area (Å²) in [6.07, 6.45) is 4.30. The number of imidazole rings is 1. The van der Waals surface area contributed by atoms with Crippen LogP contribution in [0.4, 0.5) is 0 Å². The van der Waals surface area contributed by atoms with Crippen molar-refractivity contribution in [2.75, 3.05) is 19.6 Å². The van der Waals surface area contributed by atoms with E-state index in [-0.39, 0.29) is 0 Å². The van der Waals surface area contributed by atoms with Gasteiger partial charge in [-0.1, -0.05) is 6.92 Å². The van der Waals surface area contributed by atoms with Crippen molar-refractivity contribution < 1.29 is 0 Å². The number of hydrogen-bond acceptors (Lipinski definition) is 3. The molecule has 0 aliphatic carbocycles. The minimum atomic E-state index is 0.540. The Balaban J connectivity index is 1.87. The van der Waals surface area contributed by atoms with E-state index in [2.05, 4.69) is 26.8 Å². The maximum absolute atomic E-state index is 4.61. The van der Waals surface area contributed by atoms with Gasteiger partial charge in [-0.05, 0) is 38.1 Å². The van der Waals surface area contributed by atoms with Crippen molar-refractivity contribution in [3.63, 3.8) is 0 Å². The molecule has 1 N–H and O–H groups in total. The van der Waals surface area contributed by atoms with E-state index >= 15 is 0 Å². The highest BCUT2D eigenvalue weighted by Crippen LogP contribution is 2.25. The summed E-state index contributed by atoms with van der Waals surface area (Å²) in [6, 6.07) is 3.99. The van der Waals surface area contributed by atoms with Crippen LogP contribution in [-0.2, 0) is 0 Å². The topological polar surface area (TPSA) is 44.8 Å². The fourth-order valence-electron chi connectivity index (χ4n) is 2.62. The molecule has 90 valence electrons. The quantitative estimate of drug-likeness (QED) is 0.859. The Morgan fingerprint density at radius 2 is 2.47 bits per heavy atom. The molecule has 3 heterocycles. The third-order valence-electron chi connectivity index (χ3n) is 3.62. The van der Waals surface area contributed by atoms with Crippen LogP contribution in [0.2, 0.25) is 0 Å². The van der Waals surface area contributed by atoms with Gasteiger partial charge in [0.2, 0.25) is 0 Å². The second-order valence-electron chi connectivity index (χ2n) is 4.73. The van der Waals surface area contributed by atoms with Gasteiger partial charge in [0.1, 0.15) is 5.82 Å². The molecule has 2 aromatic heterocycles. The van der Waals surface area contributed by atoms with E-state index in [1.807, 2.05) is 12.1 Å². The third-order valence-corrected chi connectivity index (χ3v) is 3.62. The van der Waals surface area contributed by atoms with Gasteiger partial charge in [-0.25, -0.2) is 9.97 Å². The molecule has 17 heavy (non-hydrogen) atoms. The lowest BCUT2D eigenvalue weighted by atomic mass is 9.97. The highest BCUT2D eigenvalue weighted by Gasteiger charge is 2.22. The van der Waals surface area contributed by atoms with Crippen LogP contribution in [0.1, 0.15) is 31.5 Å². The lowest BCUT2D eigenvalue weighted by molar-refractivity contribution is 0.214. The van der Waals surface area contributed by atoms with Crippen LogP contribution in [0.15, 0.2) is 18.3 Å². The van der Waals surface area contributed by atoms with Crippen LogP contribution in [-0.4, -0.2) is 39.5 Å². The number of aromatic amines is 1.